The molecule has 0 heterocycles. The van der Waals surface area contributed by atoms with Crippen molar-refractivity contribution < 1.29 is 4.79 Å². The van der Waals surface area contributed by atoms with Crippen molar-refractivity contribution in [2.75, 3.05) is 0 Å². The molecule has 186 valence electrons. The van der Waals surface area contributed by atoms with Gasteiger partial charge in [0.05, 0.1) is 0 Å². The second-order valence-corrected chi connectivity index (χ2v) is 13.0. The fourth-order valence-electron chi connectivity index (χ4n) is 8.40. The van der Waals surface area contributed by atoms with Crippen LogP contribution in [0.25, 0.3) is 0 Å². The van der Waals surface area contributed by atoms with E-state index in [2.05, 4.69) is 27.7 Å². The summed E-state index contributed by atoms with van der Waals surface area (Å²) in [4.78, 5) is 14.1. The summed E-state index contributed by atoms with van der Waals surface area (Å²) in [7, 11) is 0. The van der Waals surface area contributed by atoms with Crippen LogP contribution < -0.4 is 5.73 Å². The molecule has 0 aliphatic heterocycles. The Morgan fingerprint density at radius 3 is 1.66 bits per heavy atom. The number of Topliss-reactive ketones (excluding diaryl/α,β-unsaturated/α-hetero) is 1. The van der Waals surface area contributed by atoms with Gasteiger partial charge in [0.15, 0.2) is 0 Å². The van der Waals surface area contributed by atoms with Crippen LogP contribution in [0.1, 0.15) is 143 Å². The number of carbonyl (C=O) groups excluding carboxylic acids is 1. The van der Waals surface area contributed by atoms with E-state index in [1.54, 1.807) is 0 Å². The number of nitrogens with two attached hydrogens (primary N) is 1. The normalized spacial score (nSPS) is 31.1. The Hall–Kier alpha value is -0.370. The minimum absolute atomic E-state index is 0.0245. The molecule has 32 heavy (non-hydrogen) atoms. The van der Waals surface area contributed by atoms with Crippen molar-refractivity contribution in [3.05, 3.63) is 0 Å². The van der Waals surface area contributed by atoms with Gasteiger partial charge in [-0.2, -0.15) is 0 Å². The lowest BCUT2D eigenvalue weighted by molar-refractivity contribution is -0.151. The Morgan fingerprint density at radius 2 is 1.25 bits per heavy atom. The van der Waals surface area contributed by atoms with Crippen LogP contribution >= 0.6 is 0 Å². The number of carbonyl (C=O) groups is 1. The smallest absolute Gasteiger partial charge is 0.142 e. The standard InChI is InChI=1S/C30H55NO/c1-5-7-8-9-10-11-12-13-14-15-16-27(29(3,4)31)26(6-2)28(32)30-20-23-17-24(21-30)19-25(18-23)22-30/h23-27H,5-22,31H2,1-4H3. The number of hydrogen-bond acceptors (Lipinski definition) is 2. The summed E-state index contributed by atoms with van der Waals surface area (Å²) in [6, 6.07) is 0. The molecular weight excluding hydrogens is 390 g/mol. The molecule has 0 spiro atoms. The first-order valence-corrected chi connectivity index (χ1v) is 14.6. The van der Waals surface area contributed by atoms with Gasteiger partial charge in [0.1, 0.15) is 5.78 Å². The zero-order valence-electron chi connectivity index (χ0n) is 22.1. The molecule has 4 aliphatic rings. The molecule has 2 N–H and O–H groups in total. The van der Waals surface area contributed by atoms with E-state index in [0.29, 0.717) is 11.7 Å². The monoisotopic (exact) mass is 445 g/mol. The molecule has 0 aromatic rings. The van der Waals surface area contributed by atoms with Crippen molar-refractivity contribution in [3.63, 3.8) is 0 Å². The highest BCUT2D eigenvalue weighted by Gasteiger charge is 2.56. The summed E-state index contributed by atoms with van der Waals surface area (Å²) in [6.07, 6.45) is 23.6. The van der Waals surface area contributed by atoms with Crippen molar-refractivity contribution in [1.29, 1.82) is 0 Å². The van der Waals surface area contributed by atoms with E-state index in [9.17, 15) is 4.79 Å². The Bertz CT molecular complexity index is 539. The average molecular weight is 446 g/mol. The van der Waals surface area contributed by atoms with Gasteiger partial charge in [-0.05, 0) is 88.9 Å². The molecule has 0 saturated heterocycles. The van der Waals surface area contributed by atoms with Crippen LogP contribution in [0, 0.1) is 35.0 Å². The van der Waals surface area contributed by atoms with Crippen LogP contribution in [0.3, 0.4) is 0 Å². The maximum absolute atomic E-state index is 14.1. The first-order valence-electron chi connectivity index (χ1n) is 14.6. The molecule has 0 amide bonds. The lowest BCUT2D eigenvalue weighted by Crippen LogP contribution is -2.55. The zero-order valence-corrected chi connectivity index (χ0v) is 22.1. The van der Waals surface area contributed by atoms with E-state index < -0.39 is 0 Å². The summed E-state index contributed by atoms with van der Waals surface area (Å²) >= 11 is 0. The van der Waals surface area contributed by atoms with Crippen molar-refractivity contribution in [2.45, 2.75) is 149 Å². The van der Waals surface area contributed by atoms with Crippen LogP contribution in [0.4, 0.5) is 0 Å². The van der Waals surface area contributed by atoms with Crippen molar-refractivity contribution in [2.24, 2.45) is 40.7 Å². The van der Waals surface area contributed by atoms with Gasteiger partial charge in [-0.25, -0.2) is 0 Å². The molecular formula is C30H55NO. The quantitative estimate of drug-likeness (QED) is 0.242. The second kappa shape index (κ2) is 11.9. The molecule has 4 rings (SSSR count). The Labute approximate surface area is 200 Å². The molecule has 2 atom stereocenters. The molecule has 2 nitrogen and oxygen atoms in total. The summed E-state index contributed by atoms with van der Waals surface area (Å²) in [6.45, 7) is 8.91. The fraction of sp³-hybridized carbons (Fsp3) is 0.967. The zero-order chi connectivity index (χ0) is 23.2. The highest BCUT2D eigenvalue weighted by molar-refractivity contribution is 5.88. The van der Waals surface area contributed by atoms with Crippen LogP contribution in [0.2, 0.25) is 0 Å². The van der Waals surface area contributed by atoms with E-state index in [4.69, 9.17) is 5.73 Å². The Balaban J connectivity index is 1.49. The third-order valence-electron chi connectivity index (χ3n) is 9.65. The number of rotatable bonds is 16. The maximum atomic E-state index is 14.1. The van der Waals surface area contributed by atoms with E-state index in [-0.39, 0.29) is 16.9 Å². The van der Waals surface area contributed by atoms with Crippen LogP contribution in [0.5, 0.6) is 0 Å². The molecule has 4 fully saturated rings. The lowest BCUT2D eigenvalue weighted by atomic mass is 9.47. The molecule has 0 radical (unpaired) electrons. The first kappa shape index (κ1) is 26.2. The topological polar surface area (TPSA) is 43.1 Å². The van der Waals surface area contributed by atoms with Gasteiger partial charge in [-0.3, -0.25) is 4.79 Å². The van der Waals surface area contributed by atoms with E-state index in [1.165, 1.54) is 103 Å². The van der Waals surface area contributed by atoms with Gasteiger partial charge in [0, 0.05) is 16.9 Å². The third kappa shape index (κ3) is 6.61. The van der Waals surface area contributed by atoms with Gasteiger partial charge < -0.3 is 5.73 Å². The number of unbranched alkanes of at least 4 members (excludes halogenated alkanes) is 9. The van der Waals surface area contributed by atoms with Crippen LogP contribution in [0.15, 0.2) is 0 Å². The fourth-order valence-corrected chi connectivity index (χ4v) is 8.40. The SMILES string of the molecule is CCCCCCCCCCCCC(C(CC)C(=O)C12CC3CC(CC(C3)C1)C2)C(C)(C)N. The van der Waals surface area contributed by atoms with Gasteiger partial charge in [-0.15, -0.1) is 0 Å². The minimum atomic E-state index is -0.266. The van der Waals surface area contributed by atoms with Crippen molar-refractivity contribution >= 4 is 5.78 Å². The van der Waals surface area contributed by atoms with E-state index in [0.717, 1.165) is 30.6 Å². The highest BCUT2D eigenvalue weighted by atomic mass is 16.1. The third-order valence-corrected chi connectivity index (χ3v) is 9.65. The van der Waals surface area contributed by atoms with Gasteiger partial charge in [-0.1, -0.05) is 78.1 Å². The largest absolute Gasteiger partial charge is 0.325 e. The summed E-state index contributed by atoms with van der Waals surface area (Å²) in [5.74, 6) is 3.67. The van der Waals surface area contributed by atoms with Gasteiger partial charge >= 0.3 is 0 Å². The van der Waals surface area contributed by atoms with Gasteiger partial charge in [0.2, 0.25) is 0 Å². The molecule has 2 heteroatoms. The predicted octanol–water partition coefficient (Wildman–Crippen LogP) is 8.46. The molecule has 0 aromatic heterocycles. The van der Waals surface area contributed by atoms with Crippen molar-refractivity contribution in [1.82, 2.24) is 0 Å². The molecule has 0 aromatic carbocycles. The first-order chi connectivity index (χ1) is 15.3. The van der Waals surface area contributed by atoms with Crippen LogP contribution in [-0.4, -0.2) is 11.3 Å². The minimum Gasteiger partial charge on any atom is -0.325 e. The van der Waals surface area contributed by atoms with E-state index in [1.807, 2.05) is 0 Å². The summed E-state index contributed by atoms with van der Waals surface area (Å²) < 4.78 is 0. The average Bonchev–Trinajstić information content (AvgIpc) is 2.72. The maximum Gasteiger partial charge on any atom is 0.142 e. The summed E-state index contributed by atoms with van der Waals surface area (Å²) in [5.41, 5.74) is 6.51. The summed E-state index contributed by atoms with van der Waals surface area (Å²) in [5, 5.41) is 0. The molecule has 2 unspecified atom stereocenters. The highest BCUT2D eigenvalue weighted by Crippen LogP contribution is 2.61. The second-order valence-electron chi connectivity index (χ2n) is 13.0. The van der Waals surface area contributed by atoms with Gasteiger partial charge in [0.25, 0.3) is 0 Å². The number of ketones is 1. The van der Waals surface area contributed by atoms with Crippen molar-refractivity contribution in [3.8, 4) is 0 Å². The van der Waals surface area contributed by atoms with Crippen LogP contribution in [-0.2, 0) is 4.79 Å². The number of hydrogen-bond donors (Lipinski definition) is 1. The predicted molar refractivity (Wildman–Crippen MR) is 138 cm³/mol. The lowest BCUT2D eigenvalue weighted by Gasteiger charge is -2.57. The Kier molecular flexibility index (Phi) is 9.72. The Morgan fingerprint density at radius 1 is 0.812 bits per heavy atom. The molecule has 4 saturated carbocycles. The van der Waals surface area contributed by atoms with E-state index >= 15 is 0 Å². The molecule has 4 bridgehead atoms. The molecule has 4 aliphatic carbocycles.